The maximum absolute atomic E-state index is 13.0. The molecule has 2 heterocycles. The smallest absolute Gasteiger partial charge is 0.313 e. The van der Waals surface area contributed by atoms with Gasteiger partial charge in [-0.2, -0.15) is 4.31 Å². The van der Waals surface area contributed by atoms with Gasteiger partial charge >= 0.3 is 5.97 Å². The zero-order valence-corrected chi connectivity index (χ0v) is 18.1. The van der Waals surface area contributed by atoms with Crippen LogP contribution in [0.3, 0.4) is 0 Å². The van der Waals surface area contributed by atoms with Crippen LogP contribution in [0.15, 0.2) is 45.9 Å². The topological polar surface area (TPSA) is 106 Å². The summed E-state index contributed by atoms with van der Waals surface area (Å²) in [5.74, 6) is -0.147. The first kappa shape index (κ1) is 22.0. The minimum absolute atomic E-state index is 0.157. The molecule has 1 amide bonds. The average Bonchev–Trinajstić information content (AvgIpc) is 3.15. The third-order valence-electron chi connectivity index (χ3n) is 5.11. The van der Waals surface area contributed by atoms with Crippen LogP contribution in [0.5, 0.6) is 0 Å². The van der Waals surface area contributed by atoms with E-state index < -0.39 is 21.9 Å². The number of nitrogens with one attached hydrogen (secondary N) is 1. The summed E-state index contributed by atoms with van der Waals surface area (Å²) in [6, 6.07) is 7.52. The first-order chi connectivity index (χ1) is 14.2. The highest BCUT2D eigenvalue weighted by atomic mass is 32.2. The van der Waals surface area contributed by atoms with Gasteiger partial charge in [0.25, 0.3) is 5.91 Å². The van der Waals surface area contributed by atoms with Gasteiger partial charge in [-0.1, -0.05) is 13.8 Å². The van der Waals surface area contributed by atoms with E-state index in [1.165, 1.54) is 35.9 Å². The van der Waals surface area contributed by atoms with Crippen LogP contribution in [0.4, 0.5) is 5.69 Å². The summed E-state index contributed by atoms with van der Waals surface area (Å²) in [4.78, 5) is 24.1. The zero-order chi connectivity index (χ0) is 21.9. The molecule has 1 aliphatic rings. The standard InChI is InChI=1S/C21H26N2O6S/c1-14-10-15(2)13-23(12-14)30(26,27)17-6-4-16(5-7-17)22-21(25)18-8-9-29-19(18)11-20(24)28-3/h4-9,14-15H,10-13H2,1-3H3,(H,22,25). The fraction of sp³-hybridized carbons (Fsp3) is 0.429. The van der Waals surface area contributed by atoms with Crippen molar-refractivity contribution in [2.24, 2.45) is 11.8 Å². The molecule has 2 aromatic rings. The highest BCUT2D eigenvalue weighted by molar-refractivity contribution is 7.89. The molecule has 1 aromatic carbocycles. The number of carbonyl (C=O) groups excluding carboxylic acids is 2. The molecule has 1 aromatic heterocycles. The third-order valence-corrected chi connectivity index (χ3v) is 6.95. The van der Waals surface area contributed by atoms with Gasteiger partial charge in [0.15, 0.2) is 0 Å². The Hall–Kier alpha value is -2.65. The van der Waals surface area contributed by atoms with E-state index >= 15 is 0 Å². The van der Waals surface area contributed by atoms with Crippen molar-refractivity contribution in [3.8, 4) is 0 Å². The van der Waals surface area contributed by atoms with Crippen molar-refractivity contribution < 1.29 is 27.2 Å². The molecule has 0 bridgehead atoms. The quantitative estimate of drug-likeness (QED) is 0.701. The molecule has 162 valence electrons. The molecule has 3 rings (SSSR count). The number of ether oxygens (including phenoxy) is 1. The van der Waals surface area contributed by atoms with E-state index in [0.29, 0.717) is 30.6 Å². The molecule has 1 fully saturated rings. The monoisotopic (exact) mass is 434 g/mol. The summed E-state index contributed by atoms with van der Waals surface area (Å²) in [5.41, 5.74) is 0.651. The van der Waals surface area contributed by atoms with E-state index in [2.05, 4.69) is 23.9 Å². The molecule has 2 unspecified atom stereocenters. The lowest BCUT2D eigenvalue weighted by molar-refractivity contribution is -0.140. The molecular formula is C21H26N2O6S. The number of methoxy groups -OCH3 is 1. The number of hydrogen-bond acceptors (Lipinski definition) is 6. The average molecular weight is 435 g/mol. The predicted molar refractivity (Wildman–Crippen MR) is 111 cm³/mol. The van der Waals surface area contributed by atoms with E-state index in [4.69, 9.17) is 4.42 Å². The Kier molecular flexibility index (Phi) is 6.62. The number of piperidine rings is 1. The van der Waals surface area contributed by atoms with Crippen LogP contribution < -0.4 is 5.32 Å². The number of benzene rings is 1. The zero-order valence-electron chi connectivity index (χ0n) is 17.3. The molecule has 0 radical (unpaired) electrons. The van der Waals surface area contributed by atoms with Crippen molar-refractivity contribution in [3.63, 3.8) is 0 Å². The van der Waals surface area contributed by atoms with Crippen molar-refractivity contribution in [1.29, 1.82) is 0 Å². The Bertz CT molecular complexity index is 1000. The minimum atomic E-state index is -3.59. The van der Waals surface area contributed by atoms with Gasteiger partial charge in [-0.15, -0.1) is 0 Å². The number of anilines is 1. The van der Waals surface area contributed by atoms with Crippen LogP contribution in [-0.4, -0.2) is 44.8 Å². The molecule has 0 spiro atoms. The number of furan rings is 1. The summed E-state index contributed by atoms with van der Waals surface area (Å²) in [7, 11) is -2.33. The second-order valence-electron chi connectivity index (χ2n) is 7.76. The Morgan fingerprint density at radius 3 is 2.37 bits per heavy atom. The van der Waals surface area contributed by atoms with Crippen LogP contribution >= 0.6 is 0 Å². The van der Waals surface area contributed by atoms with Crippen molar-refractivity contribution >= 4 is 27.6 Å². The number of hydrogen-bond donors (Lipinski definition) is 1. The summed E-state index contributed by atoms with van der Waals surface area (Å²) in [6.45, 7) is 5.13. The Balaban J connectivity index is 1.71. The Morgan fingerprint density at radius 2 is 1.77 bits per heavy atom. The largest absolute Gasteiger partial charge is 0.469 e. The van der Waals surface area contributed by atoms with Gasteiger partial charge in [0.1, 0.15) is 12.2 Å². The van der Waals surface area contributed by atoms with Gasteiger partial charge in [-0.25, -0.2) is 8.42 Å². The fourth-order valence-electron chi connectivity index (χ4n) is 3.74. The lowest BCUT2D eigenvalue weighted by Gasteiger charge is -2.34. The Morgan fingerprint density at radius 1 is 1.13 bits per heavy atom. The lowest BCUT2D eigenvalue weighted by Crippen LogP contribution is -2.42. The van der Waals surface area contributed by atoms with Crippen LogP contribution in [0.2, 0.25) is 0 Å². The molecule has 0 saturated carbocycles. The normalized spacial score (nSPS) is 20.0. The van der Waals surface area contributed by atoms with Gasteiger partial charge in [-0.05, 0) is 48.6 Å². The van der Waals surface area contributed by atoms with E-state index in [-0.39, 0.29) is 22.6 Å². The van der Waals surface area contributed by atoms with Crippen LogP contribution in [0.1, 0.15) is 36.4 Å². The van der Waals surface area contributed by atoms with Crippen LogP contribution in [0, 0.1) is 11.8 Å². The maximum atomic E-state index is 13.0. The molecule has 0 aliphatic carbocycles. The van der Waals surface area contributed by atoms with Gasteiger partial charge in [0.2, 0.25) is 10.0 Å². The summed E-state index contributed by atoms with van der Waals surface area (Å²) >= 11 is 0. The van der Waals surface area contributed by atoms with Crippen LogP contribution in [0.25, 0.3) is 0 Å². The van der Waals surface area contributed by atoms with E-state index in [1.807, 2.05) is 0 Å². The maximum Gasteiger partial charge on any atom is 0.313 e. The number of sulfonamides is 1. The Labute approximate surface area is 176 Å². The minimum Gasteiger partial charge on any atom is -0.469 e. The summed E-state index contributed by atoms with van der Waals surface area (Å²) in [6.07, 6.45) is 2.18. The number of amides is 1. The van der Waals surface area contributed by atoms with Gasteiger partial charge in [0, 0.05) is 18.8 Å². The first-order valence-electron chi connectivity index (χ1n) is 9.75. The van der Waals surface area contributed by atoms with E-state index in [9.17, 15) is 18.0 Å². The molecular weight excluding hydrogens is 408 g/mol. The molecule has 9 heteroatoms. The van der Waals surface area contributed by atoms with Crippen LogP contribution in [-0.2, 0) is 26.0 Å². The molecule has 1 N–H and O–H groups in total. The SMILES string of the molecule is COC(=O)Cc1occc1C(=O)Nc1ccc(S(=O)(=O)N2CC(C)CC(C)C2)cc1. The van der Waals surface area contributed by atoms with Gasteiger partial charge in [0.05, 0.1) is 23.8 Å². The molecule has 2 atom stereocenters. The second-order valence-corrected chi connectivity index (χ2v) is 9.69. The number of nitrogens with zero attached hydrogens (tertiary/aromatic N) is 1. The molecule has 1 aliphatic heterocycles. The molecule has 1 saturated heterocycles. The second kappa shape index (κ2) is 9.01. The van der Waals surface area contributed by atoms with Crippen molar-refractivity contribution in [2.45, 2.75) is 31.6 Å². The van der Waals surface area contributed by atoms with Crippen molar-refractivity contribution in [3.05, 3.63) is 47.9 Å². The molecule has 30 heavy (non-hydrogen) atoms. The molecule has 8 nitrogen and oxygen atoms in total. The highest BCUT2D eigenvalue weighted by Gasteiger charge is 2.31. The fourth-order valence-corrected chi connectivity index (χ4v) is 5.42. The van der Waals surface area contributed by atoms with E-state index in [1.54, 1.807) is 12.1 Å². The number of esters is 1. The summed E-state index contributed by atoms with van der Waals surface area (Å²) < 4.78 is 37.2. The third kappa shape index (κ3) is 4.91. The highest BCUT2D eigenvalue weighted by Crippen LogP contribution is 2.27. The van der Waals surface area contributed by atoms with Crippen molar-refractivity contribution in [2.75, 3.05) is 25.5 Å². The van der Waals surface area contributed by atoms with Gasteiger partial charge < -0.3 is 14.5 Å². The predicted octanol–water partition coefficient (Wildman–Crippen LogP) is 2.91. The van der Waals surface area contributed by atoms with E-state index in [0.717, 1.165) is 6.42 Å². The van der Waals surface area contributed by atoms with Gasteiger partial charge in [-0.3, -0.25) is 9.59 Å². The first-order valence-corrected chi connectivity index (χ1v) is 11.2. The lowest BCUT2D eigenvalue weighted by atomic mass is 9.94. The summed E-state index contributed by atoms with van der Waals surface area (Å²) in [5, 5.41) is 2.69. The number of carbonyl (C=O) groups is 2. The van der Waals surface area contributed by atoms with Crippen molar-refractivity contribution in [1.82, 2.24) is 4.31 Å². The number of rotatable bonds is 6.